The second kappa shape index (κ2) is 5.10. The van der Waals surface area contributed by atoms with E-state index in [1.165, 1.54) is 12.3 Å². The summed E-state index contributed by atoms with van der Waals surface area (Å²) in [6.45, 7) is 4.58. The molecule has 0 radical (unpaired) electrons. The van der Waals surface area contributed by atoms with Gasteiger partial charge in [0.1, 0.15) is 5.56 Å². The fourth-order valence-electron chi connectivity index (χ4n) is 2.16. The molecule has 0 unspecified atom stereocenters. The van der Waals surface area contributed by atoms with Crippen molar-refractivity contribution < 1.29 is 9.90 Å². The number of pyridine rings is 1. The van der Waals surface area contributed by atoms with Gasteiger partial charge in [0.05, 0.1) is 0 Å². The highest BCUT2D eigenvalue weighted by molar-refractivity contribution is 5.86. The molecule has 0 fully saturated rings. The normalized spacial score (nSPS) is 10.4. The number of aromatic nitrogens is 1. The van der Waals surface area contributed by atoms with Gasteiger partial charge in [0, 0.05) is 25.0 Å². The lowest BCUT2D eigenvalue weighted by Crippen LogP contribution is -2.16. The molecule has 4 nitrogen and oxygen atoms in total. The van der Waals surface area contributed by atoms with E-state index >= 15 is 0 Å². The first kappa shape index (κ1) is 13.1. The molecule has 0 amide bonds. The Morgan fingerprint density at radius 1 is 1.21 bits per heavy atom. The number of aryl methyl sites for hydroxylation is 2. The van der Waals surface area contributed by atoms with E-state index in [1.54, 1.807) is 10.8 Å². The van der Waals surface area contributed by atoms with Gasteiger partial charge in [-0.25, -0.2) is 4.79 Å². The van der Waals surface area contributed by atoms with E-state index in [-0.39, 0.29) is 5.56 Å². The van der Waals surface area contributed by atoms with Crippen molar-refractivity contribution in [1.29, 1.82) is 0 Å². The highest BCUT2D eigenvalue weighted by atomic mass is 16.4. The van der Waals surface area contributed by atoms with Gasteiger partial charge in [0.2, 0.25) is 0 Å². The van der Waals surface area contributed by atoms with Crippen molar-refractivity contribution in [1.82, 2.24) is 4.57 Å². The van der Waals surface area contributed by atoms with Gasteiger partial charge in [-0.05, 0) is 19.4 Å². The molecule has 0 aliphatic rings. The second-order valence-corrected chi connectivity index (χ2v) is 4.70. The Morgan fingerprint density at radius 3 is 2.42 bits per heavy atom. The standard InChI is InChI=1S/C15H15NO3/c1-10-5-11(2)7-12(6-10)8-16-4-3-14(17)13(9-16)15(18)19/h3-7,9H,8H2,1-2H3,(H,18,19). The predicted molar refractivity (Wildman–Crippen MR) is 72.7 cm³/mol. The van der Waals surface area contributed by atoms with Crippen LogP contribution in [0.25, 0.3) is 0 Å². The van der Waals surface area contributed by atoms with Crippen molar-refractivity contribution in [2.75, 3.05) is 0 Å². The number of rotatable bonds is 3. The molecule has 1 aromatic heterocycles. The number of carboxylic acid groups (broad SMARTS) is 1. The summed E-state index contributed by atoms with van der Waals surface area (Å²) in [6, 6.07) is 7.46. The Labute approximate surface area is 110 Å². The molecule has 2 rings (SSSR count). The minimum atomic E-state index is -1.19. The van der Waals surface area contributed by atoms with Crippen LogP contribution in [0.4, 0.5) is 0 Å². The highest BCUT2D eigenvalue weighted by Crippen LogP contribution is 2.10. The van der Waals surface area contributed by atoms with Crippen LogP contribution in [0.5, 0.6) is 0 Å². The Hall–Kier alpha value is -2.36. The second-order valence-electron chi connectivity index (χ2n) is 4.70. The summed E-state index contributed by atoms with van der Waals surface area (Å²) in [6.07, 6.45) is 2.98. The number of nitrogens with zero attached hydrogens (tertiary/aromatic N) is 1. The first-order valence-corrected chi connectivity index (χ1v) is 5.96. The van der Waals surface area contributed by atoms with E-state index in [2.05, 4.69) is 6.07 Å². The molecule has 0 saturated carbocycles. The number of hydrogen-bond donors (Lipinski definition) is 1. The fraction of sp³-hybridized carbons (Fsp3) is 0.200. The number of carboxylic acids is 1. The molecular formula is C15H15NO3. The Kier molecular flexibility index (Phi) is 3.51. The molecule has 2 aromatic rings. The Morgan fingerprint density at radius 2 is 1.84 bits per heavy atom. The summed E-state index contributed by atoms with van der Waals surface area (Å²) in [5.41, 5.74) is 2.73. The van der Waals surface area contributed by atoms with Crippen LogP contribution in [0.3, 0.4) is 0 Å². The molecule has 0 bridgehead atoms. The van der Waals surface area contributed by atoms with Crippen LogP contribution < -0.4 is 5.43 Å². The van der Waals surface area contributed by atoms with Gasteiger partial charge in [-0.3, -0.25) is 4.79 Å². The van der Waals surface area contributed by atoms with Crippen LogP contribution in [0.15, 0.2) is 41.5 Å². The van der Waals surface area contributed by atoms with Gasteiger partial charge in [0.25, 0.3) is 0 Å². The van der Waals surface area contributed by atoms with E-state index in [9.17, 15) is 9.59 Å². The van der Waals surface area contributed by atoms with E-state index in [4.69, 9.17) is 5.11 Å². The quantitative estimate of drug-likeness (QED) is 0.917. The van der Waals surface area contributed by atoms with E-state index in [0.29, 0.717) is 6.54 Å². The maximum atomic E-state index is 11.4. The zero-order valence-electron chi connectivity index (χ0n) is 10.9. The van der Waals surface area contributed by atoms with Crippen LogP contribution >= 0.6 is 0 Å². The molecular weight excluding hydrogens is 242 g/mol. The number of hydrogen-bond acceptors (Lipinski definition) is 2. The first-order valence-electron chi connectivity index (χ1n) is 5.96. The van der Waals surface area contributed by atoms with Crippen molar-refractivity contribution in [3.8, 4) is 0 Å². The maximum Gasteiger partial charge on any atom is 0.341 e. The number of carbonyl (C=O) groups is 1. The van der Waals surface area contributed by atoms with Crippen molar-refractivity contribution in [3.05, 3.63) is 69.1 Å². The summed E-state index contributed by atoms with van der Waals surface area (Å²) in [7, 11) is 0. The van der Waals surface area contributed by atoms with Crippen molar-refractivity contribution >= 4 is 5.97 Å². The van der Waals surface area contributed by atoms with Gasteiger partial charge in [0.15, 0.2) is 5.43 Å². The average molecular weight is 257 g/mol. The summed E-state index contributed by atoms with van der Waals surface area (Å²) in [5, 5.41) is 8.93. The molecule has 0 aliphatic heterocycles. The number of aromatic carboxylic acids is 1. The Balaban J connectivity index is 2.36. The largest absolute Gasteiger partial charge is 0.477 e. The van der Waals surface area contributed by atoms with E-state index in [1.807, 2.05) is 26.0 Å². The maximum absolute atomic E-state index is 11.4. The zero-order valence-corrected chi connectivity index (χ0v) is 10.9. The van der Waals surface area contributed by atoms with E-state index in [0.717, 1.165) is 16.7 Å². The molecule has 0 aliphatic carbocycles. The summed E-state index contributed by atoms with van der Waals surface area (Å²) in [4.78, 5) is 22.3. The third kappa shape index (κ3) is 3.10. The minimum absolute atomic E-state index is 0.202. The lowest BCUT2D eigenvalue weighted by atomic mass is 10.1. The molecule has 1 heterocycles. The van der Waals surface area contributed by atoms with Crippen LogP contribution in [-0.2, 0) is 6.54 Å². The van der Waals surface area contributed by atoms with Crippen LogP contribution in [-0.4, -0.2) is 15.6 Å². The number of benzene rings is 1. The summed E-state index contributed by atoms with van der Waals surface area (Å²) >= 11 is 0. The van der Waals surface area contributed by atoms with Gasteiger partial charge in [-0.1, -0.05) is 29.3 Å². The van der Waals surface area contributed by atoms with Crippen LogP contribution in [0, 0.1) is 13.8 Å². The third-order valence-electron chi connectivity index (χ3n) is 2.85. The highest BCUT2D eigenvalue weighted by Gasteiger charge is 2.08. The van der Waals surface area contributed by atoms with Gasteiger partial charge >= 0.3 is 5.97 Å². The topological polar surface area (TPSA) is 59.3 Å². The molecule has 1 N–H and O–H groups in total. The van der Waals surface area contributed by atoms with Crippen molar-refractivity contribution in [2.45, 2.75) is 20.4 Å². The smallest absolute Gasteiger partial charge is 0.341 e. The lowest BCUT2D eigenvalue weighted by Gasteiger charge is -2.09. The van der Waals surface area contributed by atoms with Gasteiger partial charge in [-0.15, -0.1) is 0 Å². The van der Waals surface area contributed by atoms with Crippen molar-refractivity contribution in [2.24, 2.45) is 0 Å². The molecule has 98 valence electrons. The predicted octanol–water partition coefficient (Wildman–Crippen LogP) is 2.21. The molecule has 0 spiro atoms. The fourth-order valence-corrected chi connectivity index (χ4v) is 2.16. The molecule has 19 heavy (non-hydrogen) atoms. The van der Waals surface area contributed by atoms with Crippen molar-refractivity contribution in [3.63, 3.8) is 0 Å². The lowest BCUT2D eigenvalue weighted by molar-refractivity contribution is 0.0694. The Bertz CT molecular complexity index is 666. The average Bonchev–Trinajstić information content (AvgIpc) is 2.30. The van der Waals surface area contributed by atoms with Crippen LogP contribution in [0.2, 0.25) is 0 Å². The summed E-state index contributed by atoms with van der Waals surface area (Å²) < 4.78 is 1.71. The molecule has 4 heteroatoms. The minimum Gasteiger partial charge on any atom is -0.477 e. The first-order chi connectivity index (χ1) is 8.95. The molecule has 1 aromatic carbocycles. The third-order valence-corrected chi connectivity index (χ3v) is 2.85. The molecule has 0 saturated heterocycles. The SMILES string of the molecule is Cc1cc(C)cc(Cn2ccc(=O)c(C(=O)O)c2)c1. The summed E-state index contributed by atoms with van der Waals surface area (Å²) in [5.74, 6) is -1.19. The monoisotopic (exact) mass is 257 g/mol. The van der Waals surface area contributed by atoms with Gasteiger partial charge < -0.3 is 9.67 Å². The van der Waals surface area contributed by atoms with E-state index < -0.39 is 11.4 Å². The molecule has 0 atom stereocenters. The van der Waals surface area contributed by atoms with Gasteiger partial charge in [-0.2, -0.15) is 0 Å². The van der Waals surface area contributed by atoms with Crippen LogP contribution in [0.1, 0.15) is 27.0 Å². The zero-order chi connectivity index (χ0) is 14.0.